The van der Waals surface area contributed by atoms with Crippen molar-refractivity contribution in [1.82, 2.24) is 4.90 Å². The maximum atomic E-state index is 5.41. The first-order valence-corrected chi connectivity index (χ1v) is 4.39. The number of ether oxygens (including phenoxy) is 1. The Bertz CT molecular complexity index is 71.6. The third-order valence-corrected chi connectivity index (χ3v) is 1.45. The van der Waals surface area contributed by atoms with E-state index in [9.17, 15) is 0 Å². The number of hydrogen-bond acceptors (Lipinski definition) is 2. The van der Waals surface area contributed by atoms with Gasteiger partial charge in [-0.1, -0.05) is 0 Å². The van der Waals surface area contributed by atoms with Gasteiger partial charge in [0.05, 0.1) is 6.10 Å². The molecule has 0 aliphatic rings. The standard InChI is InChI=1S/C9H21NO/c1-9(2)11-8-6-5-7-10(3)4/h9H,5-8H2,1-4H3. The van der Waals surface area contributed by atoms with E-state index in [0.29, 0.717) is 6.10 Å². The molecule has 0 fully saturated rings. The van der Waals surface area contributed by atoms with Crippen LogP contribution >= 0.6 is 0 Å². The van der Waals surface area contributed by atoms with Gasteiger partial charge in [0, 0.05) is 6.61 Å². The van der Waals surface area contributed by atoms with Crippen molar-refractivity contribution in [2.45, 2.75) is 32.8 Å². The fourth-order valence-electron chi connectivity index (χ4n) is 0.849. The van der Waals surface area contributed by atoms with Crippen molar-refractivity contribution in [3.05, 3.63) is 0 Å². The minimum Gasteiger partial charge on any atom is -0.379 e. The molecule has 0 radical (unpaired) electrons. The van der Waals surface area contributed by atoms with Crippen LogP contribution in [0, 0.1) is 0 Å². The summed E-state index contributed by atoms with van der Waals surface area (Å²) in [6.07, 6.45) is 2.80. The molecule has 0 unspecified atom stereocenters. The lowest BCUT2D eigenvalue weighted by Gasteiger charge is -2.10. The Hall–Kier alpha value is -0.0800. The minimum atomic E-state index is 0.384. The van der Waals surface area contributed by atoms with Crippen molar-refractivity contribution in [1.29, 1.82) is 0 Å². The normalized spacial score (nSPS) is 11.5. The summed E-state index contributed by atoms with van der Waals surface area (Å²) in [4.78, 5) is 2.20. The molecule has 0 aromatic heterocycles. The highest BCUT2D eigenvalue weighted by atomic mass is 16.5. The van der Waals surface area contributed by atoms with Crippen molar-refractivity contribution in [2.75, 3.05) is 27.2 Å². The molecule has 0 aromatic carbocycles. The molecular formula is C9H21NO. The Morgan fingerprint density at radius 3 is 2.27 bits per heavy atom. The molecule has 0 aliphatic carbocycles. The van der Waals surface area contributed by atoms with E-state index in [1.807, 2.05) is 0 Å². The zero-order valence-electron chi connectivity index (χ0n) is 8.26. The summed E-state index contributed by atoms with van der Waals surface area (Å²) in [7, 11) is 4.20. The van der Waals surface area contributed by atoms with Gasteiger partial charge in [-0.15, -0.1) is 0 Å². The Labute approximate surface area is 70.5 Å². The van der Waals surface area contributed by atoms with Gasteiger partial charge in [0.15, 0.2) is 0 Å². The van der Waals surface area contributed by atoms with Gasteiger partial charge in [-0.05, 0) is 47.3 Å². The molecule has 0 saturated heterocycles. The van der Waals surface area contributed by atoms with Gasteiger partial charge in [-0.25, -0.2) is 0 Å². The van der Waals surface area contributed by atoms with Gasteiger partial charge in [0.25, 0.3) is 0 Å². The third-order valence-electron chi connectivity index (χ3n) is 1.45. The van der Waals surface area contributed by atoms with E-state index in [2.05, 4.69) is 32.8 Å². The van der Waals surface area contributed by atoms with Crippen molar-refractivity contribution in [3.8, 4) is 0 Å². The molecule has 2 nitrogen and oxygen atoms in total. The summed E-state index contributed by atoms with van der Waals surface area (Å²) < 4.78 is 5.41. The van der Waals surface area contributed by atoms with Crippen LogP contribution in [-0.2, 0) is 4.74 Å². The highest BCUT2D eigenvalue weighted by molar-refractivity contribution is 4.45. The van der Waals surface area contributed by atoms with Crippen LogP contribution < -0.4 is 0 Å². The van der Waals surface area contributed by atoms with E-state index in [-0.39, 0.29) is 0 Å². The second-order valence-corrected chi connectivity index (χ2v) is 3.43. The summed E-state index contributed by atoms with van der Waals surface area (Å²) in [6, 6.07) is 0. The van der Waals surface area contributed by atoms with E-state index in [1.165, 1.54) is 19.4 Å². The summed E-state index contributed by atoms with van der Waals surface area (Å²) in [5.41, 5.74) is 0. The van der Waals surface area contributed by atoms with E-state index in [0.717, 1.165) is 6.61 Å². The smallest absolute Gasteiger partial charge is 0.0518 e. The molecule has 0 aromatic rings. The van der Waals surface area contributed by atoms with Crippen LogP contribution in [0.15, 0.2) is 0 Å². The Kier molecular flexibility index (Phi) is 6.57. The predicted molar refractivity (Wildman–Crippen MR) is 48.9 cm³/mol. The fraction of sp³-hybridized carbons (Fsp3) is 1.00. The molecule has 0 bridgehead atoms. The summed E-state index contributed by atoms with van der Waals surface area (Å²) in [6.45, 7) is 6.23. The highest BCUT2D eigenvalue weighted by Gasteiger charge is 1.93. The monoisotopic (exact) mass is 159 g/mol. The number of rotatable bonds is 6. The zero-order valence-corrected chi connectivity index (χ0v) is 8.26. The van der Waals surface area contributed by atoms with Crippen molar-refractivity contribution in [2.24, 2.45) is 0 Å². The van der Waals surface area contributed by atoms with E-state index in [1.54, 1.807) is 0 Å². The molecule has 0 saturated carbocycles. The predicted octanol–water partition coefficient (Wildman–Crippen LogP) is 1.75. The van der Waals surface area contributed by atoms with Crippen molar-refractivity contribution in [3.63, 3.8) is 0 Å². The van der Waals surface area contributed by atoms with Crippen LogP contribution in [0.5, 0.6) is 0 Å². The first-order valence-electron chi connectivity index (χ1n) is 4.39. The van der Waals surface area contributed by atoms with Crippen molar-refractivity contribution >= 4 is 0 Å². The lowest BCUT2D eigenvalue weighted by molar-refractivity contribution is 0.0750. The van der Waals surface area contributed by atoms with Gasteiger partial charge in [-0.2, -0.15) is 0 Å². The van der Waals surface area contributed by atoms with Crippen molar-refractivity contribution < 1.29 is 4.74 Å². The second kappa shape index (κ2) is 6.62. The van der Waals surface area contributed by atoms with Crippen LogP contribution in [0.1, 0.15) is 26.7 Å². The topological polar surface area (TPSA) is 12.5 Å². The van der Waals surface area contributed by atoms with Gasteiger partial charge in [-0.3, -0.25) is 0 Å². The fourth-order valence-corrected chi connectivity index (χ4v) is 0.849. The zero-order chi connectivity index (χ0) is 8.69. The maximum Gasteiger partial charge on any atom is 0.0518 e. The molecule has 0 aliphatic heterocycles. The molecule has 0 spiro atoms. The average molecular weight is 159 g/mol. The molecular weight excluding hydrogens is 138 g/mol. The molecule has 11 heavy (non-hydrogen) atoms. The summed E-state index contributed by atoms with van der Waals surface area (Å²) in [5.74, 6) is 0. The number of hydrogen-bond donors (Lipinski definition) is 0. The molecule has 0 heterocycles. The molecule has 68 valence electrons. The van der Waals surface area contributed by atoms with Gasteiger partial charge >= 0.3 is 0 Å². The second-order valence-electron chi connectivity index (χ2n) is 3.43. The van der Waals surface area contributed by atoms with Crippen LogP contribution in [-0.4, -0.2) is 38.3 Å². The van der Waals surface area contributed by atoms with E-state index in [4.69, 9.17) is 4.74 Å². The summed E-state index contributed by atoms with van der Waals surface area (Å²) >= 11 is 0. The molecule has 2 heteroatoms. The number of unbranched alkanes of at least 4 members (excludes halogenated alkanes) is 1. The van der Waals surface area contributed by atoms with Gasteiger partial charge in [0.2, 0.25) is 0 Å². The van der Waals surface area contributed by atoms with Crippen LogP contribution in [0.4, 0.5) is 0 Å². The molecule has 0 amide bonds. The minimum absolute atomic E-state index is 0.384. The third kappa shape index (κ3) is 9.92. The lowest BCUT2D eigenvalue weighted by atomic mass is 10.3. The van der Waals surface area contributed by atoms with Crippen LogP contribution in [0.2, 0.25) is 0 Å². The molecule has 0 N–H and O–H groups in total. The lowest BCUT2D eigenvalue weighted by Crippen LogP contribution is -2.14. The SMILES string of the molecule is CC(C)OCCCCN(C)C. The number of nitrogens with zero attached hydrogens (tertiary/aromatic N) is 1. The largest absolute Gasteiger partial charge is 0.379 e. The van der Waals surface area contributed by atoms with Gasteiger partial charge < -0.3 is 9.64 Å². The first-order chi connectivity index (χ1) is 5.13. The quantitative estimate of drug-likeness (QED) is 0.547. The van der Waals surface area contributed by atoms with Crippen LogP contribution in [0.3, 0.4) is 0 Å². The maximum absolute atomic E-state index is 5.41. The summed E-state index contributed by atoms with van der Waals surface area (Å²) in [5, 5.41) is 0. The Morgan fingerprint density at radius 1 is 1.18 bits per heavy atom. The Morgan fingerprint density at radius 2 is 1.82 bits per heavy atom. The Balaban J connectivity index is 2.91. The van der Waals surface area contributed by atoms with E-state index < -0.39 is 0 Å². The highest BCUT2D eigenvalue weighted by Crippen LogP contribution is 1.94. The first kappa shape index (κ1) is 10.9. The van der Waals surface area contributed by atoms with Gasteiger partial charge in [0.1, 0.15) is 0 Å². The molecule has 0 atom stereocenters. The van der Waals surface area contributed by atoms with E-state index >= 15 is 0 Å². The molecule has 0 rings (SSSR count). The van der Waals surface area contributed by atoms with Crippen LogP contribution in [0.25, 0.3) is 0 Å². The average Bonchev–Trinajstić information content (AvgIpc) is 1.85.